The summed E-state index contributed by atoms with van der Waals surface area (Å²) in [6.45, 7) is 13.8. The number of aryl methyl sites for hydroxylation is 1. The first-order valence-electron chi connectivity index (χ1n) is 26.0. The van der Waals surface area contributed by atoms with Gasteiger partial charge in [0.15, 0.2) is 11.5 Å². The van der Waals surface area contributed by atoms with Gasteiger partial charge in [-0.25, -0.2) is 19.3 Å². The number of likely N-dealkylation sites (tertiary alicyclic amines) is 2. The number of halogens is 1. The topological polar surface area (TPSA) is 214 Å². The molecule has 4 atom stereocenters. The summed E-state index contributed by atoms with van der Waals surface area (Å²) in [6.07, 6.45) is 7.23. The lowest BCUT2D eigenvalue weighted by Crippen LogP contribution is -2.59. The lowest BCUT2D eigenvalue weighted by molar-refractivity contribution is -0.145. The number of aromatic nitrogens is 5. The zero-order valence-electron chi connectivity index (χ0n) is 42.6. The molecule has 74 heavy (non-hydrogen) atoms. The van der Waals surface area contributed by atoms with Gasteiger partial charge in [0.25, 0.3) is 5.91 Å². The fourth-order valence-corrected chi connectivity index (χ4v) is 11.5. The third kappa shape index (κ3) is 11.1. The number of anilines is 3. The Kier molecular flexibility index (Phi) is 14.7. The molecular weight excluding hydrogens is 964 g/mol. The van der Waals surface area contributed by atoms with Crippen LogP contribution in [0.25, 0.3) is 21.7 Å². The monoisotopic (exact) mass is 1030 g/mol. The highest BCUT2D eigenvalue weighted by molar-refractivity contribution is 7.13. The Bertz CT molecular complexity index is 2830. The molecule has 0 radical (unpaired) electrons. The Labute approximate surface area is 435 Å². The number of fused-ring (bicyclic) bond motifs is 3. The number of phenols is 1. The summed E-state index contributed by atoms with van der Waals surface area (Å²) in [4.78, 5) is 64.3. The van der Waals surface area contributed by atoms with E-state index in [-0.39, 0.29) is 44.1 Å². The van der Waals surface area contributed by atoms with Gasteiger partial charge in [0, 0.05) is 69.2 Å². The van der Waals surface area contributed by atoms with Crippen LogP contribution in [0.4, 0.5) is 21.8 Å². The number of aliphatic hydroxyl groups excluding tert-OH is 1. The number of carbonyl (C=O) groups excluding carboxylic acids is 3. The number of para-hydroxylation sites is 1. The van der Waals surface area contributed by atoms with Crippen LogP contribution in [0.1, 0.15) is 88.5 Å². The number of amides is 3. The van der Waals surface area contributed by atoms with Crippen LogP contribution >= 0.6 is 11.3 Å². The van der Waals surface area contributed by atoms with Gasteiger partial charge in [-0.3, -0.25) is 14.4 Å². The number of rotatable bonds is 16. The second-order valence-corrected chi connectivity index (χ2v) is 22.4. The van der Waals surface area contributed by atoms with Crippen molar-refractivity contribution in [2.45, 2.75) is 115 Å². The van der Waals surface area contributed by atoms with Gasteiger partial charge in [-0.15, -0.1) is 21.5 Å². The number of unbranched alkanes of at least 4 members (excludes halogenated alkanes) is 1. The first kappa shape index (κ1) is 51.0. The molecule has 20 heteroatoms. The van der Waals surface area contributed by atoms with Gasteiger partial charge >= 0.3 is 0 Å². The van der Waals surface area contributed by atoms with E-state index in [2.05, 4.69) is 45.8 Å². The highest BCUT2D eigenvalue weighted by Gasteiger charge is 2.53. The number of β-amino-alcohol motifs (C(OH)–C–C–N with tert-alkyl or cyclic N) is 1. The zero-order chi connectivity index (χ0) is 51.7. The highest BCUT2D eigenvalue weighted by Crippen LogP contribution is 2.41. The van der Waals surface area contributed by atoms with E-state index in [1.54, 1.807) is 44.2 Å². The molecule has 1 unspecified atom stereocenters. The molecule has 10 rings (SSSR count). The average molecular weight is 1030 g/mol. The smallest absolute Gasteiger partial charge is 0.258 e. The van der Waals surface area contributed by atoms with Crippen LogP contribution in [0, 0.1) is 12.3 Å². The summed E-state index contributed by atoms with van der Waals surface area (Å²) in [6, 6.07) is 13.3. The van der Waals surface area contributed by atoms with Crippen molar-refractivity contribution in [3.8, 4) is 33.2 Å². The van der Waals surface area contributed by atoms with Gasteiger partial charge in [0.05, 0.1) is 46.2 Å². The number of benzene rings is 2. The van der Waals surface area contributed by atoms with Crippen LogP contribution in [0.2, 0.25) is 0 Å². The van der Waals surface area contributed by atoms with Crippen molar-refractivity contribution in [2.75, 3.05) is 74.1 Å². The minimum absolute atomic E-state index is 0.0407. The molecule has 4 aliphatic heterocycles. The summed E-state index contributed by atoms with van der Waals surface area (Å²) in [5.74, 6) is 0.950. The van der Waals surface area contributed by atoms with Crippen molar-refractivity contribution < 1.29 is 33.7 Å². The van der Waals surface area contributed by atoms with Gasteiger partial charge in [0.1, 0.15) is 23.6 Å². The molecule has 4 fully saturated rings. The van der Waals surface area contributed by atoms with Crippen LogP contribution in [-0.2, 0) is 20.9 Å². The number of hydrogen-bond acceptors (Lipinski definition) is 16. The van der Waals surface area contributed by atoms with Crippen LogP contribution < -0.4 is 30.5 Å². The number of nitrogens with one attached hydrogen (secondary N) is 3. The van der Waals surface area contributed by atoms with E-state index in [0.29, 0.717) is 29.5 Å². The first-order valence-corrected chi connectivity index (χ1v) is 26.9. The van der Waals surface area contributed by atoms with Gasteiger partial charge in [0.2, 0.25) is 17.8 Å². The molecule has 7 heterocycles. The summed E-state index contributed by atoms with van der Waals surface area (Å²) in [7, 11) is 0. The number of hydrogen-bond donors (Lipinski definition) is 5. The van der Waals surface area contributed by atoms with Crippen molar-refractivity contribution in [3.05, 3.63) is 83.3 Å². The lowest BCUT2D eigenvalue weighted by atomic mass is 9.85. The van der Waals surface area contributed by atoms with Gasteiger partial charge in [-0.1, -0.05) is 45.0 Å². The molecule has 5 aliphatic rings. The number of aromatic hydroxyl groups is 1. The number of thiazole rings is 1. The van der Waals surface area contributed by atoms with E-state index in [1.165, 1.54) is 10.5 Å². The maximum absolute atomic E-state index is 14.7. The van der Waals surface area contributed by atoms with E-state index in [1.807, 2.05) is 61.2 Å². The molecule has 0 spiro atoms. The van der Waals surface area contributed by atoms with Crippen LogP contribution in [-0.4, -0.2) is 152 Å². The van der Waals surface area contributed by atoms with E-state index >= 15 is 0 Å². The summed E-state index contributed by atoms with van der Waals surface area (Å²) in [5, 5.41) is 39.0. The summed E-state index contributed by atoms with van der Waals surface area (Å²) < 4.78 is 21.2. The third-order valence-electron chi connectivity index (χ3n) is 15.3. The Morgan fingerprint density at radius 3 is 2.50 bits per heavy atom. The predicted octanol–water partition coefficient (Wildman–Crippen LogP) is 5.84. The number of phenolic OH excluding ortho intramolecular Hbond substituents is 1. The van der Waals surface area contributed by atoms with E-state index in [9.17, 15) is 29.0 Å². The molecule has 3 saturated heterocycles. The Morgan fingerprint density at radius 1 is 0.986 bits per heavy atom. The molecule has 5 N–H and O–H groups in total. The molecule has 2 aromatic carbocycles. The Balaban J connectivity index is 0.693. The minimum atomic E-state index is -1.97. The number of aliphatic hydroxyl groups is 1. The number of ether oxygens (including phenoxy) is 1. The van der Waals surface area contributed by atoms with Crippen molar-refractivity contribution in [3.63, 3.8) is 0 Å². The zero-order valence-corrected chi connectivity index (χ0v) is 43.4. The fraction of sp³-hybridized carbons (Fsp3) is 0.519. The quantitative estimate of drug-likeness (QED) is 0.0735. The number of carbonyl (C=O) groups is 3. The number of piperidine rings is 1. The third-order valence-corrected chi connectivity index (χ3v) is 16.2. The SMILES string of the molecule is Cc1ncsc1-c1ccc(CNC(=O)[C@@H]2C[C@@H](O)CN2C(=O)C(NC(=O)C2(F)CC2)C(C)(C)C)c(OCCCCN2CCC(c3cnc(N4CCN5c6cc(-c7ccccc7O)nnc6NC[C@H]5C4)nc3)CC2)c1. The van der Waals surface area contributed by atoms with Crippen LogP contribution in [0.3, 0.4) is 0 Å². The lowest BCUT2D eigenvalue weighted by Gasteiger charge is -2.45. The van der Waals surface area contributed by atoms with E-state index in [0.717, 1.165) is 111 Å². The molecule has 18 nitrogen and oxygen atoms in total. The number of piperazine rings is 1. The van der Waals surface area contributed by atoms with Gasteiger partial charge in [-0.05, 0) is 112 Å². The van der Waals surface area contributed by atoms with Gasteiger partial charge in [-0.2, -0.15) is 0 Å². The molecule has 392 valence electrons. The molecule has 0 bridgehead atoms. The van der Waals surface area contributed by atoms with Crippen molar-refractivity contribution >= 4 is 46.5 Å². The molecule has 1 saturated carbocycles. The maximum atomic E-state index is 14.7. The molecule has 3 aromatic heterocycles. The average Bonchev–Trinajstić information content (AvgIpc) is 3.81. The van der Waals surface area contributed by atoms with Crippen LogP contribution in [0.5, 0.6) is 11.5 Å². The Hall–Kier alpha value is -6.51. The van der Waals surface area contributed by atoms with Crippen molar-refractivity contribution in [2.24, 2.45) is 5.41 Å². The Morgan fingerprint density at radius 2 is 1.77 bits per heavy atom. The van der Waals surface area contributed by atoms with E-state index in [4.69, 9.17) is 14.7 Å². The van der Waals surface area contributed by atoms with Crippen molar-refractivity contribution in [1.82, 2.24) is 45.6 Å². The largest absolute Gasteiger partial charge is 0.507 e. The molecule has 3 amide bonds. The van der Waals surface area contributed by atoms with Crippen molar-refractivity contribution in [1.29, 1.82) is 0 Å². The molecule has 1 aliphatic carbocycles. The van der Waals surface area contributed by atoms with Gasteiger partial charge < -0.3 is 50.5 Å². The minimum Gasteiger partial charge on any atom is -0.507 e. The maximum Gasteiger partial charge on any atom is 0.258 e. The fourth-order valence-electron chi connectivity index (χ4n) is 10.7. The summed E-state index contributed by atoms with van der Waals surface area (Å²) in [5.41, 5.74) is 5.19. The van der Waals surface area contributed by atoms with Crippen LogP contribution in [0.15, 0.2) is 66.4 Å². The second kappa shape index (κ2) is 21.4. The molecule has 5 aromatic rings. The first-order chi connectivity index (χ1) is 35.6. The normalized spacial score (nSPS) is 21.1. The summed E-state index contributed by atoms with van der Waals surface area (Å²) >= 11 is 1.55. The predicted molar refractivity (Wildman–Crippen MR) is 281 cm³/mol. The molecular formula is C54H67FN12O6S. The van der Waals surface area contributed by atoms with E-state index < -0.39 is 47.0 Å². The second-order valence-electron chi connectivity index (χ2n) is 21.6. The number of alkyl halides is 1. The standard InChI is InChI=1S/C54H67FN12O6S/c1-33-46(74-32-60-33)35-11-12-36(26-57-49(70)43-24-39(68)31-67(43)50(71)47(53(2,3)4)61-51(72)54(55)15-16-54)45(23-35)73-22-8-7-17-64-18-13-34(14-19-64)37-27-58-52(59-28-37)65-20-21-66-38(30-65)29-56-48-42(66)25-41(62-63-48)40-9-5-6-10-44(40)69/h5-6,9-12,23,25,27-28,32,34,38-39,43,47,68-69H,7-8,13-22,24,26,29-31H2,1-4H3,(H,56,63)(H,57,70)(H,61,72)/t38-,39+,43-,47?/m0/s1. The highest BCUT2D eigenvalue weighted by atomic mass is 32.1. The number of nitrogens with zero attached hydrogens (tertiary/aromatic N) is 9.